The summed E-state index contributed by atoms with van der Waals surface area (Å²) in [5.74, 6) is 1.35. The molecule has 0 aromatic carbocycles. The predicted octanol–water partition coefficient (Wildman–Crippen LogP) is 0.967. The minimum atomic E-state index is 0.564. The summed E-state index contributed by atoms with van der Waals surface area (Å²) in [6.45, 7) is 4.06. The van der Waals surface area contributed by atoms with Crippen molar-refractivity contribution in [2.75, 3.05) is 23.7 Å². The van der Waals surface area contributed by atoms with Crippen molar-refractivity contribution in [3.8, 4) is 0 Å². The Morgan fingerprint density at radius 3 is 2.62 bits per heavy atom. The number of nitrogens with two attached hydrogens (primary N) is 1. The number of aryl methyl sites for hydroxylation is 1. The van der Waals surface area contributed by atoms with Crippen LogP contribution < -0.4 is 10.6 Å². The minimum Gasteiger partial charge on any atom is -0.384 e. The molecule has 2 N–H and O–H groups in total. The fraction of sp³-hybridized carbons (Fsp3) is 0.556. The molecule has 0 bridgehead atoms. The molecule has 70 valence electrons. The first-order chi connectivity index (χ1) is 6.25. The van der Waals surface area contributed by atoms with Crippen LogP contribution in [0, 0.1) is 6.92 Å². The van der Waals surface area contributed by atoms with Crippen LogP contribution in [0.15, 0.2) is 6.07 Å². The summed E-state index contributed by atoms with van der Waals surface area (Å²) in [4.78, 5) is 10.7. The van der Waals surface area contributed by atoms with Crippen molar-refractivity contribution in [3.63, 3.8) is 0 Å². The Balaban J connectivity index is 2.28. The molecule has 1 aliphatic rings. The van der Waals surface area contributed by atoms with Crippen molar-refractivity contribution in [2.24, 2.45) is 0 Å². The summed E-state index contributed by atoms with van der Waals surface area (Å²) in [7, 11) is 0. The Morgan fingerprint density at radius 2 is 2.00 bits per heavy atom. The second-order valence-corrected chi connectivity index (χ2v) is 3.43. The molecule has 0 aliphatic carbocycles. The first-order valence-corrected chi connectivity index (χ1v) is 4.62. The second-order valence-electron chi connectivity index (χ2n) is 3.43. The molecule has 0 amide bonds. The van der Waals surface area contributed by atoms with E-state index >= 15 is 0 Å². The van der Waals surface area contributed by atoms with Crippen LogP contribution in [0.3, 0.4) is 0 Å². The standard InChI is InChI=1S/C9H14N4/c1-7-6-8(10)12-9(11-7)13-4-2-3-5-13/h6H,2-5H2,1H3,(H2,10,11,12). The number of nitrogen functional groups attached to an aromatic ring is 1. The average molecular weight is 178 g/mol. The smallest absolute Gasteiger partial charge is 0.227 e. The summed E-state index contributed by atoms with van der Waals surface area (Å²) in [6.07, 6.45) is 2.47. The van der Waals surface area contributed by atoms with Crippen LogP contribution in [-0.2, 0) is 0 Å². The number of anilines is 2. The highest BCUT2D eigenvalue weighted by Gasteiger charge is 2.15. The van der Waals surface area contributed by atoms with E-state index in [-0.39, 0.29) is 0 Å². The molecule has 4 heteroatoms. The highest BCUT2D eigenvalue weighted by Crippen LogP contribution is 2.16. The summed E-state index contributed by atoms with van der Waals surface area (Å²) >= 11 is 0. The molecule has 1 aliphatic heterocycles. The van der Waals surface area contributed by atoms with Gasteiger partial charge in [0.25, 0.3) is 0 Å². The molecular weight excluding hydrogens is 164 g/mol. The van der Waals surface area contributed by atoms with E-state index in [1.54, 1.807) is 6.07 Å². The Bertz CT molecular complexity index is 284. The monoisotopic (exact) mass is 178 g/mol. The number of hydrogen-bond donors (Lipinski definition) is 1. The lowest BCUT2D eigenvalue weighted by Gasteiger charge is -2.15. The topological polar surface area (TPSA) is 55.0 Å². The average Bonchev–Trinajstić information content (AvgIpc) is 2.53. The van der Waals surface area contributed by atoms with Crippen molar-refractivity contribution in [3.05, 3.63) is 11.8 Å². The fourth-order valence-electron chi connectivity index (χ4n) is 1.64. The molecule has 1 saturated heterocycles. The first kappa shape index (κ1) is 8.29. The van der Waals surface area contributed by atoms with Gasteiger partial charge in [0.2, 0.25) is 5.95 Å². The highest BCUT2D eigenvalue weighted by molar-refractivity contribution is 5.40. The Morgan fingerprint density at radius 1 is 1.31 bits per heavy atom. The van der Waals surface area contributed by atoms with Crippen LogP contribution in [-0.4, -0.2) is 23.1 Å². The van der Waals surface area contributed by atoms with Crippen LogP contribution in [0.4, 0.5) is 11.8 Å². The van der Waals surface area contributed by atoms with E-state index in [0.717, 1.165) is 24.7 Å². The summed E-state index contributed by atoms with van der Waals surface area (Å²) in [6, 6.07) is 1.79. The third kappa shape index (κ3) is 1.71. The van der Waals surface area contributed by atoms with Crippen LogP contribution >= 0.6 is 0 Å². The van der Waals surface area contributed by atoms with E-state index < -0.39 is 0 Å². The molecule has 0 unspecified atom stereocenters. The third-order valence-corrected chi connectivity index (χ3v) is 2.25. The quantitative estimate of drug-likeness (QED) is 0.696. The summed E-state index contributed by atoms with van der Waals surface area (Å²) in [5.41, 5.74) is 6.59. The molecule has 2 rings (SSSR count). The van der Waals surface area contributed by atoms with Gasteiger partial charge in [-0.2, -0.15) is 4.98 Å². The normalized spacial score (nSPS) is 16.5. The Kier molecular flexibility index (Phi) is 2.04. The van der Waals surface area contributed by atoms with Gasteiger partial charge in [-0.15, -0.1) is 0 Å². The SMILES string of the molecule is Cc1cc(N)nc(N2CCCC2)n1. The lowest BCUT2D eigenvalue weighted by Crippen LogP contribution is -2.21. The maximum Gasteiger partial charge on any atom is 0.227 e. The predicted molar refractivity (Wildman–Crippen MR) is 52.6 cm³/mol. The molecule has 4 nitrogen and oxygen atoms in total. The van der Waals surface area contributed by atoms with E-state index in [2.05, 4.69) is 14.9 Å². The number of rotatable bonds is 1. The minimum absolute atomic E-state index is 0.564. The maximum atomic E-state index is 5.65. The van der Waals surface area contributed by atoms with Crippen molar-refractivity contribution < 1.29 is 0 Å². The lowest BCUT2D eigenvalue weighted by atomic mass is 10.4. The van der Waals surface area contributed by atoms with E-state index in [1.165, 1.54) is 12.8 Å². The van der Waals surface area contributed by atoms with Gasteiger partial charge in [0.15, 0.2) is 0 Å². The van der Waals surface area contributed by atoms with Gasteiger partial charge in [0.1, 0.15) is 5.82 Å². The highest BCUT2D eigenvalue weighted by atomic mass is 15.3. The van der Waals surface area contributed by atoms with E-state index in [4.69, 9.17) is 5.73 Å². The van der Waals surface area contributed by atoms with Gasteiger partial charge in [0.05, 0.1) is 0 Å². The molecule has 0 atom stereocenters. The van der Waals surface area contributed by atoms with Gasteiger partial charge in [0, 0.05) is 24.8 Å². The maximum absolute atomic E-state index is 5.65. The van der Waals surface area contributed by atoms with Crippen LogP contribution in [0.5, 0.6) is 0 Å². The van der Waals surface area contributed by atoms with E-state index in [1.807, 2.05) is 6.92 Å². The molecule has 1 aromatic rings. The van der Waals surface area contributed by atoms with Crippen molar-refractivity contribution in [2.45, 2.75) is 19.8 Å². The van der Waals surface area contributed by atoms with Gasteiger partial charge >= 0.3 is 0 Å². The summed E-state index contributed by atoms with van der Waals surface area (Å²) < 4.78 is 0. The Labute approximate surface area is 77.8 Å². The van der Waals surface area contributed by atoms with Gasteiger partial charge in [-0.1, -0.05) is 0 Å². The zero-order chi connectivity index (χ0) is 9.26. The van der Waals surface area contributed by atoms with Gasteiger partial charge < -0.3 is 10.6 Å². The number of hydrogen-bond acceptors (Lipinski definition) is 4. The van der Waals surface area contributed by atoms with Gasteiger partial charge in [-0.05, 0) is 19.8 Å². The molecule has 13 heavy (non-hydrogen) atoms. The van der Waals surface area contributed by atoms with Crippen molar-refractivity contribution in [1.82, 2.24) is 9.97 Å². The van der Waals surface area contributed by atoms with Gasteiger partial charge in [-0.25, -0.2) is 4.98 Å². The number of nitrogens with zero attached hydrogens (tertiary/aromatic N) is 3. The van der Waals surface area contributed by atoms with Crippen LogP contribution in [0.25, 0.3) is 0 Å². The van der Waals surface area contributed by atoms with Crippen molar-refractivity contribution >= 4 is 11.8 Å². The molecule has 1 fully saturated rings. The zero-order valence-electron chi connectivity index (χ0n) is 7.82. The van der Waals surface area contributed by atoms with Crippen LogP contribution in [0.1, 0.15) is 18.5 Å². The molecule has 0 radical (unpaired) electrons. The zero-order valence-corrected chi connectivity index (χ0v) is 7.82. The fourth-order valence-corrected chi connectivity index (χ4v) is 1.64. The van der Waals surface area contributed by atoms with Crippen molar-refractivity contribution in [1.29, 1.82) is 0 Å². The Hall–Kier alpha value is -1.32. The summed E-state index contributed by atoms with van der Waals surface area (Å²) in [5, 5.41) is 0. The molecular formula is C9H14N4. The van der Waals surface area contributed by atoms with Crippen LogP contribution in [0.2, 0.25) is 0 Å². The molecule has 0 saturated carbocycles. The third-order valence-electron chi connectivity index (χ3n) is 2.25. The number of aromatic nitrogens is 2. The second kappa shape index (κ2) is 3.20. The molecule has 2 heterocycles. The van der Waals surface area contributed by atoms with E-state index in [9.17, 15) is 0 Å². The lowest BCUT2D eigenvalue weighted by molar-refractivity contribution is 0.892. The molecule has 0 spiro atoms. The van der Waals surface area contributed by atoms with Gasteiger partial charge in [-0.3, -0.25) is 0 Å². The van der Waals surface area contributed by atoms with E-state index in [0.29, 0.717) is 5.82 Å². The largest absolute Gasteiger partial charge is 0.384 e. The molecule has 1 aromatic heterocycles. The first-order valence-electron chi connectivity index (χ1n) is 4.62.